The van der Waals surface area contributed by atoms with E-state index in [1.807, 2.05) is 37.5 Å². The Morgan fingerprint density at radius 3 is 2.29 bits per heavy atom. The summed E-state index contributed by atoms with van der Waals surface area (Å²) in [5, 5.41) is 2.24. The van der Waals surface area contributed by atoms with E-state index in [9.17, 15) is 18.8 Å². The van der Waals surface area contributed by atoms with Crippen molar-refractivity contribution < 1.29 is 18.8 Å². The number of aromatic nitrogens is 1. The predicted octanol–water partition coefficient (Wildman–Crippen LogP) is 4.21. The van der Waals surface area contributed by atoms with E-state index in [0.29, 0.717) is 11.3 Å². The number of hydrogen-bond donors (Lipinski definition) is 1. The molecule has 0 unspecified atom stereocenters. The largest absolute Gasteiger partial charge is 0.335 e. The van der Waals surface area contributed by atoms with Gasteiger partial charge in [-0.2, -0.15) is 0 Å². The van der Waals surface area contributed by atoms with Gasteiger partial charge in [0.15, 0.2) is 0 Å². The molecule has 1 aliphatic heterocycles. The third kappa shape index (κ3) is 3.66. The van der Waals surface area contributed by atoms with E-state index >= 15 is 0 Å². The van der Waals surface area contributed by atoms with E-state index < -0.39 is 17.8 Å². The summed E-state index contributed by atoms with van der Waals surface area (Å²) in [4.78, 5) is 38.9. The van der Waals surface area contributed by atoms with Crippen LogP contribution in [0.2, 0.25) is 0 Å². The second-order valence-corrected chi connectivity index (χ2v) is 7.44. The van der Waals surface area contributed by atoms with Crippen LogP contribution in [0.3, 0.4) is 0 Å². The van der Waals surface area contributed by atoms with Crippen molar-refractivity contribution in [2.24, 2.45) is 0 Å². The van der Waals surface area contributed by atoms with E-state index in [2.05, 4.69) is 5.32 Å². The number of halogens is 1. The summed E-state index contributed by atoms with van der Waals surface area (Å²) in [6.07, 6.45) is 1.48. The summed E-state index contributed by atoms with van der Waals surface area (Å²) in [6, 6.07) is 14.0. The maximum Gasteiger partial charge on any atom is 0.335 e. The van der Waals surface area contributed by atoms with Gasteiger partial charge in [-0.25, -0.2) is 14.1 Å². The van der Waals surface area contributed by atoms with Gasteiger partial charge in [-0.15, -0.1) is 0 Å². The number of amides is 4. The fourth-order valence-electron chi connectivity index (χ4n) is 3.74. The van der Waals surface area contributed by atoms with Crippen LogP contribution >= 0.6 is 0 Å². The van der Waals surface area contributed by atoms with Crippen molar-refractivity contribution in [1.29, 1.82) is 0 Å². The first-order valence-corrected chi connectivity index (χ1v) is 9.69. The van der Waals surface area contributed by atoms with Crippen LogP contribution < -0.4 is 10.2 Å². The third-order valence-corrected chi connectivity index (χ3v) is 5.22. The molecule has 3 aromatic rings. The first kappa shape index (κ1) is 20.3. The molecular weight excluding hydrogens is 397 g/mol. The number of hydrogen-bond acceptors (Lipinski definition) is 3. The molecule has 0 spiro atoms. The molecule has 1 aliphatic rings. The number of carbonyl (C=O) groups is 3. The quantitative estimate of drug-likeness (QED) is 0.513. The molecule has 1 N–H and O–H groups in total. The molecule has 156 valence electrons. The van der Waals surface area contributed by atoms with Crippen LogP contribution in [0.25, 0.3) is 11.8 Å². The van der Waals surface area contributed by atoms with Crippen molar-refractivity contribution in [2.45, 2.75) is 20.8 Å². The molecule has 0 bridgehead atoms. The smallest absolute Gasteiger partial charge is 0.318 e. The van der Waals surface area contributed by atoms with Gasteiger partial charge in [0.05, 0.1) is 5.69 Å². The maximum absolute atomic E-state index is 13.3. The first-order chi connectivity index (χ1) is 14.8. The standard InChI is InChI=1S/C24H20FN3O3/c1-14-5-4-6-20(11-14)28-23(30)21(22(29)26-24(28)31)13-17-12-15(2)27(16(17)3)19-9-7-18(25)8-10-19/h4-13H,1-3H3,(H,26,29,31)/b21-13+. The van der Waals surface area contributed by atoms with E-state index in [1.165, 1.54) is 18.2 Å². The minimum Gasteiger partial charge on any atom is -0.318 e. The van der Waals surface area contributed by atoms with Crippen molar-refractivity contribution in [3.8, 4) is 5.69 Å². The number of nitrogens with one attached hydrogen (secondary N) is 1. The highest BCUT2D eigenvalue weighted by atomic mass is 19.1. The van der Waals surface area contributed by atoms with Crippen molar-refractivity contribution in [3.63, 3.8) is 0 Å². The Kier molecular flexibility index (Phi) is 5.02. The van der Waals surface area contributed by atoms with Crippen LogP contribution in [0.15, 0.2) is 60.2 Å². The lowest BCUT2D eigenvalue weighted by Gasteiger charge is -2.26. The highest BCUT2D eigenvalue weighted by molar-refractivity contribution is 6.39. The summed E-state index contributed by atoms with van der Waals surface area (Å²) in [6.45, 7) is 5.57. The average Bonchev–Trinajstić information content (AvgIpc) is 2.99. The van der Waals surface area contributed by atoms with Crippen LogP contribution in [-0.2, 0) is 9.59 Å². The fraction of sp³-hybridized carbons (Fsp3) is 0.125. The third-order valence-electron chi connectivity index (χ3n) is 5.22. The topological polar surface area (TPSA) is 71.4 Å². The van der Waals surface area contributed by atoms with E-state index in [-0.39, 0.29) is 11.4 Å². The Bertz CT molecular complexity index is 1260. The molecule has 0 atom stereocenters. The lowest BCUT2D eigenvalue weighted by atomic mass is 10.1. The van der Waals surface area contributed by atoms with Crippen LogP contribution in [0.1, 0.15) is 22.5 Å². The number of carbonyl (C=O) groups excluding carboxylic acids is 3. The van der Waals surface area contributed by atoms with Gasteiger partial charge in [0.1, 0.15) is 11.4 Å². The van der Waals surface area contributed by atoms with Gasteiger partial charge in [-0.05, 0) is 80.4 Å². The maximum atomic E-state index is 13.3. The number of anilines is 1. The zero-order valence-corrected chi connectivity index (χ0v) is 17.3. The summed E-state index contributed by atoms with van der Waals surface area (Å²) >= 11 is 0. The molecule has 0 aliphatic carbocycles. The molecule has 6 nitrogen and oxygen atoms in total. The molecule has 1 saturated heterocycles. The van der Waals surface area contributed by atoms with Gasteiger partial charge >= 0.3 is 6.03 Å². The second kappa shape index (κ2) is 7.68. The lowest BCUT2D eigenvalue weighted by molar-refractivity contribution is -0.122. The number of imide groups is 2. The summed E-state index contributed by atoms with van der Waals surface area (Å²) in [5.74, 6) is -1.77. The van der Waals surface area contributed by atoms with Crippen molar-refractivity contribution >= 4 is 29.6 Å². The van der Waals surface area contributed by atoms with Gasteiger partial charge in [0, 0.05) is 17.1 Å². The van der Waals surface area contributed by atoms with E-state index in [1.54, 1.807) is 30.3 Å². The minimum absolute atomic E-state index is 0.138. The van der Waals surface area contributed by atoms with Crippen molar-refractivity contribution in [3.05, 3.63) is 88.5 Å². The summed E-state index contributed by atoms with van der Waals surface area (Å²) < 4.78 is 15.2. The first-order valence-electron chi connectivity index (χ1n) is 9.69. The molecule has 0 saturated carbocycles. The zero-order chi connectivity index (χ0) is 22.3. The number of barbiturate groups is 1. The van der Waals surface area contributed by atoms with Gasteiger partial charge in [-0.3, -0.25) is 14.9 Å². The molecule has 4 rings (SSSR count). The lowest BCUT2D eigenvalue weighted by Crippen LogP contribution is -2.54. The number of urea groups is 1. The number of benzene rings is 2. The molecule has 2 aromatic carbocycles. The molecule has 4 amide bonds. The molecular formula is C24H20FN3O3. The van der Waals surface area contributed by atoms with Crippen LogP contribution in [0.4, 0.5) is 14.9 Å². The molecule has 7 heteroatoms. The molecule has 31 heavy (non-hydrogen) atoms. The monoisotopic (exact) mass is 417 g/mol. The summed E-state index contributed by atoms with van der Waals surface area (Å²) in [7, 11) is 0. The van der Waals surface area contributed by atoms with Crippen molar-refractivity contribution in [2.75, 3.05) is 4.90 Å². The highest BCUT2D eigenvalue weighted by Gasteiger charge is 2.37. The Labute approximate surface area is 178 Å². The Morgan fingerprint density at radius 2 is 1.61 bits per heavy atom. The highest BCUT2D eigenvalue weighted by Crippen LogP contribution is 2.26. The predicted molar refractivity (Wildman–Crippen MR) is 115 cm³/mol. The van der Waals surface area contributed by atoms with E-state index in [0.717, 1.165) is 27.5 Å². The van der Waals surface area contributed by atoms with Gasteiger partial charge in [-0.1, -0.05) is 12.1 Å². The Hall–Kier alpha value is -4.00. The van der Waals surface area contributed by atoms with Gasteiger partial charge in [0.2, 0.25) is 0 Å². The van der Waals surface area contributed by atoms with Crippen LogP contribution in [0.5, 0.6) is 0 Å². The van der Waals surface area contributed by atoms with Crippen LogP contribution in [0, 0.1) is 26.6 Å². The number of rotatable bonds is 3. The second-order valence-electron chi connectivity index (χ2n) is 7.44. The zero-order valence-electron chi connectivity index (χ0n) is 17.3. The molecule has 1 fully saturated rings. The average molecular weight is 417 g/mol. The van der Waals surface area contributed by atoms with Gasteiger partial charge in [0.25, 0.3) is 11.8 Å². The van der Waals surface area contributed by atoms with Crippen LogP contribution in [-0.4, -0.2) is 22.4 Å². The normalized spacial score (nSPS) is 15.5. The SMILES string of the molecule is Cc1cccc(N2C(=O)NC(=O)/C(=C\c3cc(C)n(-c4ccc(F)cc4)c3C)C2=O)c1. The fourth-order valence-corrected chi connectivity index (χ4v) is 3.74. The van der Waals surface area contributed by atoms with Gasteiger partial charge < -0.3 is 4.57 Å². The summed E-state index contributed by atoms with van der Waals surface area (Å²) in [5.41, 5.74) is 4.17. The van der Waals surface area contributed by atoms with Crippen molar-refractivity contribution in [1.82, 2.24) is 9.88 Å². The molecule has 1 aromatic heterocycles. The Balaban J connectivity index is 1.76. The Morgan fingerprint density at radius 1 is 0.903 bits per heavy atom. The molecule has 2 heterocycles. The number of aryl methyl sites for hydroxylation is 2. The number of nitrogens with zero attached hydrogens (tertiary/aromatic N) is 2. The molecule has 0 radical (unpaired) electrons. The van der Waals surface area contributed by atoms with E-state index in [4.69, 9.17) is 0 Å². The minimum atomic E-state index is -0.783.